The fraction of sp³-hybridized carbons (Fsp3) is 0.333. The van der Waals surface area contributed by atoms with Crippen molar-refractivity contribution in [2.24, 2.45) is 0 Å². The van der Waals surface area contributed by atoms with Gasteiger partial charge in [0.25, 0.3) is 5.56 Å². The van der Waals surface area contributed by atoms with E-state index in [-0.39, 0.29) is 18.9 Å². The Morgan fingerprint density at radius 1 is 1.10 bits per heavy atom. The molecule has 0 radical (unpaired) electrons. The minimum absolute atomic E-state index is 0.0934. The number of aromatic amines is 1. The number of pyridine rings is 1. The molecule has 0 saturated carbocycles. The van der Waals surface area contributed by atoms with Crippen molar-refractivity contribution in [3.8, 4) is 0 Å². The fourth-order valence-electron chi connectivity index (χ4n) is 3.58. The highest BCUT2D eigenvalue weighted by Gasteiger charge is 2.15. The van der Waals surface area contributed by atoms with Gasteiger partial charge in [0, 0.05) is 39.1 Å². The minimum Gasteiger partial charge on any atom is -0.354 e. The number of carbonyl (C=O) groups excluding carboxylic acids is 1. The van der Waals surface area contributed by atoms with E-state index in [1.165, 1.54) is 4.57 Å². The topological polar surface area (TPSA) is 103 Å². The Labute approximate surface area is 173 Å². The van der Waals surface area contributed by atoms with Crippen molar-refractivity contribution in [2.75, 3.05) is 43.4 Å². The van der Waals surface area contributed by atoms with E-state index in [0.29, 0.717) is 16.6 Å². The van der Waals surface area contributed by atoms with E-state index in [1.54, 1.807) is 30.5 Å². The van der Waals surface area contributed by atoms with Crippen LogP contribution in [-0.2, 0) is 11.3 Å². The number of hydrogen-bond donors (Lipinski definition) is 2. The molecule has 1 fully saturated rings. The second kappa shape index (κ2) is 8.50. The maximum atomic E-state index is 12.4. The van der Waals surface area contributed by atoms with Crippen LogP contribution in [0.1, 0.15) is 6.42 Å². The number of aryl methyl sites for hydroxylation is 1. The predicted molar refractivity (Wildman–Crippen MR) is 116 cm³/mol. The highest BCUT2D eigenvalue weighted by atomic mass is 16.2. The molecule has 0 spiro atoms. The van der Waals surface area contributed by atoms with Crippen LogP contribution in [-0.4, -0.2) is 58.6 Å². The van der Waals surface area contributed by atoms with Crippen LogP contribution in [0.25, 0.3) is 10.9 Å². The van der Waals surface area contributed by atoms with Crippen LogP contribution in [0.2, 0.25) is 0 Å². The Balaban J connectivity index is 1.39. The normalized spacial score (nSPS) is 14.8. The number of likely N-dealkylation sites (N-methyl/N-ethyl adjacent to an activating group) is 1. The molecule has 9 nitrogen and oxygen atoms in total. The second-order valence-corrected chi connectivity index (χ2v) is 7.42. The summed E-state index contributed by atoms with van der Waals surface area (Å²) in [4.78, 5) is 47.8. The van der Waals surface area contributed by atoms with E-state index in [4.69, 9.17) is 0 Å². The number of aromatic nitrogens is 3. The average molecular weight is 408 g/mol. The van der Waals surface area contributed by atoms with Crippen molar-refractivity contribution in [1.29, 1.82) is 0 Å². The molecule has 0 atom stereocenters. The van der Waals surface area contributed by atoms with Gasteiger partial charge < -0.3 is 15.1 Å². The molecule has 9 heteroatoms. The van der Waals surface area contributed by atoms with Gasteiger partial charge in [0.1, 0.15) is 5.82 Å². The van der Waals surface area contributed by atoms with Crippen molar-refractivity contribution in [3.63, 3.8) is 0 Å². The minimum atomic E-state index is -0.523. The van der Waals surface area contributed by atoms with Gasteiger partial charge in [0.15, 0.2) is 0 Å². The average Bonchev–Trinajstić information content (AvgIpc) is 2.75. The number of H-pyrrole nitrogens is 1. The van der Waals surface area contributed by atoms with Crippen LogP contribution in [0.5, 0.6) is 0 Å². The lowest BCUT2D eigenvalue weighted by Crippen LogP contribution is -2.44. The van der Waals surface area contributed by atoms with Gasteiger partial charge in [-0.05, 0) is 31.3 Å². The lowest BCUT2D eigenvalue weighted by atomic mass is 10.2. The Morgan fingerprint density at radius 3 is 2.60 bits per heavy atom. The van der Waals surface area contributed by atoms with Gasteiger partial charge in [-0.15, -0.1) is 0 Å². The molecule has 2 aromatic heterocycles. The third-order valence-corrected chi connectivity index (χ3v) is 5.33. The maximum absolute atomic E-state index is 12.4. The number of nitrogens with zero attached hydrogens (tertiary/aromatic N) is 4. The number of benzene rings is 1. The summed E-state index contributed by atoms with van der Waals surface area (Å²) in [6.07, 6.45) is 1.74. The Bertz CT molecular complexity index is 1160. The molecule has 30 heavy (non-hydrogen) atoms. The van der Waals surface area contributed by atoms with E-state index in [9.17, 15) is 14.4 Å². The summed E-state index contributed by atoms with van der Waals surface area (Å²) in [5.41, 5.74) is 0.168. The number of piperazine rings is 1. The van der Waals surface area contributed by atoms with E-state index < -0.39 is 11.2 Å². The molecule has 156 valence electrons. The van der Waals surface area contributed by atoms with Crippen molar-refractivity contribution in [1.82, 2.24) is 19.4 Å². The first kappa shape index (κ1) is 19.8. The first-order valence-electron chi connectivity index (χ1n) is 9.92. The third-order valence-electron chi connectivity index (χ3n) is 5.33. The van der Waals surface area contributed by atoms with Gasteiger partial charge in [0.05, 0.1) is 22.8 Å². The molecule has 1 aliphatic rings. The molecule has 1 amide bonds. The monoisotopic (exact) mass is 408 g/mol. The Kier molecular flexibility index (Phi) is 5.62. The van der Waals surface area contributed by atoms with Gasteiger partial charge in [-0.3, -0.25) is 19.1 Å². The van der Waals surface area contributed by atoms with Crippen LogP contribution in [0.15, 0.2) is 52.2 Å². The lowest BCUT2D eigenvalue weighted by molar-refractivity contribution is -0.116. The van der Waals surface area contributed by atoms with Crippen LogP contribution < -0.4 is 21.5 Å². The number of rotatable bonds is 5. The van der Waals surface area contributed by atoms with Gasteiger partial charge >= 0.3 is 5.69 Å². The molecule has 0 aliphatic carbocycles. The molecule has 3 aromatic rings. The number of hydrogen-bond acceptors (Lipinski definition) is 6. The summed E-state index contributed by atoms with van der Waals surface area (Å²) in [5, 5.41) is 3.23. The highest BCUT2D eigenvalue weighted by Crippen LogP contribution is 2.16. The summed E-state index contributed by atoms with van der Waals surface area (Å²) in [6.45, 7) is 4.01. The van der Waals surface area contributed by atoms with E-state index in [1.807, 2.05) is 12.1 Å². The van der Waals surface area contributed by atoms with Gasteiger partial charge in [-0.1, -0.05) is 12.1 Å². The number of anilines is 2. The largest absolute Gasteiger partial charge is 0.354 e. The van der Waals surface area contributed by atoms with Gasteiger partial charge in [-0.2, -0.15) is 0 Å². The van der Waals surface area contributed by atoms with Crippen LogP contribution in [0, 0.1) is 0 Å². The SMILES string of the molecule is CN1CCN(c2ccc(NC(=O)CCn3c(=O)[nH]c(=O)c4ccccc43)cn2)CC1. The van der Waals surface area contributed by atoms with Crippen LogP contribution in [0.3, 0.4) is 0 Å². The van der Waals surface area contributed by atoms with Gasteiger partial charge in [0.2, 0.25) is 5.91 Å². The molecule has 3 heterocycles. The van der Waals surface area contributed by atoms with Crippen LogP contribution in [0.4, 0.5) is 11.5 Å². The van der Waals surface area contributed by atoms with Gasteiger partial charge in [-0.25, -0.2) is 9.78 Å². The van der Waals surface area contributed by atoms with E-state index in [0.717, 1.165) is 32.0 Å². The molecule has 1 saturated heterocycles. The number of carbonyl (C=O) groups is 1. The van der Waals surface area contributed by atoms with E-state index >= 15 is 0 Å². The first-order chi connectivity index (χ1) is 14.5. The number of nitrogens with one attached hydrogen (secondary N) is 2. The summed E-state index contributed by atoms with van der Waals surface area (Å²) in [6, 6.07) is 10.6. The standard InChI is InChI=1S/C21H24N6O3/c1-25-10-12-26(13-11-25)18-7-6-15(14-22-18)23-19(28)8-9-27-17-5-3-2-4-16(17)20(29)24-21(27)30/h2-7,14H,8-13H2,1H3,(H,23,28)(H,24,29,30). The lowest BCUT2D eigenvalue weighted by Gasteiger charge is -2.33. The molecule has 0 unspecified atom stereocenters. The third kappa shape index (κ3) is 4.25. The second-order valence-electron chi connectivity index (χ2n) is 7.42. The summed E-state index contributed by atoms with van der Waals surface area (Å²) in [5.74, 6) is 0.665. The van der Waals surface area contributed by atoms with Crippen molar-refractivity contribution >= 4 is 28.3 Å². The quantitative estimate of drug-likeness (QED) is 0.649. The smallest absolute Gasteiger partial charge is 0.328 e. The zero-order chi connectivity index (χ0) is 21.1. The molecule has 1 aromatic carbocycles. The molecular weight excluding hydrogens is 384 g/mol. The highest BCUT2D eigenvalue weighted by molar-refractivity contribution is 5.90. The van der Waals surface area contributed by atoms with Crippen molar-refractivity contribution in [3.05, 3.63) is 63.4 Å². The number of fused-ring (bicyclic) bond motifs is 1. The molecular formula is C21H24N6O3. The zero-order valence-corrected chi connectivity index (χ0v) is 16.8. The Morgan fingerprint density at radius 2 is 1.87 bits per heavy atom. The summed E-state index contributed by atoms with van der Waals surface area (Å²) in [7, 11) is 2.10. The number of amides is 1. The molecule has 4 rings (SSSR count). The summed E-state index contributed by atoms with van der Waals surface area (Å²) >= 11 is 0. The Hall–Kier alpha value is -3.46. The molecule has 1 aliphatic heterocycles. The first-order valence-corrected chi connectivity index (χ1v) is 9.92. The van der Waals surface area contributed by atoms with Crippen LogP contribution >= 0.6 is 0 Å². The van der Waals surface area contributed by atoms with Crippen molar-refractivity contribution in [2.45, 2.75) is 13.0 Å². The summed E-state index contributed by atoms with van der Waals surface area (Å²) < 4.78 is 1.41. The molecule has 2 N–H and O–H groups in total. The van der Waals surface area contributed by atoms with E-state index in [2.05, 4.69) is 32.1 Å². The molecule has 0 bridgehead atoms. The maximum Gasteiger partial charge on any atom is 0.328 e. The van der Waals surface area contributed by atoms with Crippen molar-refractivity contribution < 1.29 is 4.79 Å². The zero-order valence-electron chi connectivity index (χ0n) is 16.8. The number of para-hydroxylation sites is 1. The fourth-order valence-corrected chi connectivity index (χ4v) is 3.58. The predicted octanol–water partition coefficient (Wildman–Crippen LogP) is 0.865.